The van der Waals surface area contributed by atoms with Crippen molar-refractivity contribution in [1.29, 1.82) is 5.26 Å². The number of aromatic hydroxyl groups is 1. The number of pyridine rings is 2. The lowest BCUT2D eigenvalue weighted by atomic mass is 9.85. The number of nitriles is 1. The molecule has 2 saturated heterocycles. The molecule has 0 radical (unpaired) electrons. The third-order valence-corrected chi connectivity index (χ3v) is 6.47. The van der Waals surface area contributed by atoms with Crippen LogP contribution in [-0.4, -0.2) is 47.3 Å². The molecule has 4 heterocycles. The fourth-order valence-electron chi connectivity index (χ4n) is 4.20. The van der Waals surface area contributed by atoms with Crippen LogP contribution in [0.15, 0.2) is 36.5 Å². The maximum Gasteiger partial charge on any atom is 0.274 e. The van der Waals surface area contributed by atoms with Crippen molar-refractivity contribution in [2.75, 3.05) is 31.2 Å². The largest absolute Gasteiger partial charge is 0.505 e. The zero-order valence-electron chi connectivity index (χ0n) is 17.1. The lowest BCUT2D eigenvalue weighted by molar-refractivity contribution is -0.0985. The highest BCUT2D eigenvalue weighted by Crippen LogP contribution is 2.39. The van der Waals surface area contributed by atoms with Gasteiger partial charge in [-0.15, -0.1) is 0 Å². The van der Waals surface area contributed by atoms with Crippen molar-refractivity contribution in [1.82, 2.24) is 15.3 Å². The molecule has 2 fully saturated rings. The minimum absolute atomic E-state index is 0.0800. The number of carbonyl (C=O) groups excluding carboxylic acids is 1. The molecule has 8 nitrogen and oxygen atoms in total. The molecule has 1 aromatic carbocycles. The summed E-state index contributed by atoms with van der Waals surface area (Å²) in [5.41, 5.74) is 1.79. The summed E-state index contributed by atoms with van der Waals surface area (Å²) in [5.74, 6) is 0.0887. The molecule has 9 heteroatoms. The van der Waals surface area contributed by atoms with Crippen LogP contribution in [0.25, 0.3) is 10.9 Å². The highest BCUT2D eigenvalue weighted by Gasteiger charge is 2.44. The van der Waals surface area contributed by atoms with Gasteiger partial charge in [-0.2, -0.15) is 5.26 Å². The fourth-order valence-corrected chi connectivity index (χ4v) is 4.44. The van der Waals surface area contributed by atoms with E-state index in [1.165, 1.54) is 12.3 Å². The predicted molar refractivity (Wildman–Crippen MR) is 119 cm³/mol. The summed E-state index contributed by atoms with van der Waals surface area (Å²) in [6.45, 7) is 3.56. The van der Waals surface area contributed by atoms with Gasteiger partial charge >= 0.3 is 0 Å². The molecule has 32 heavy (non-hydrogen) atoms. The van der Waals surface area contributed by atoms with Crippen LogP contribution in [-0.2, 0) is 11.3 Å². The zero-order valence-corrected chi connectivity index (χ0v) is 17.9. The summed E-state index contributed by atoms with van der Waals surface area (Å²) >= 11 is 6.16. The molecule has 5 rings (SSSR count). The Morgan fingerprint density at radius 3 is 2.88 bits per heavy atom. The van der Waals surface area contributed by atoms with Gasteiger partial charge in [0, 0.05) is 35.5 Å². The molecule has 3 aromatic rings. The van der Waals surface area contributed by atoms with E-state index in [2.05, 4.69) is 20.2 Å². The molecule has 0 aliphatic carbocycles. The summed E-state index contributed by atoms with van der Waals surface area (Å²) in [7, 11) is 0. The summed E-state index contributed by atoms with van der Waals surface area (Å²) in [4.78, 5) is 23.7. The molecular weight excluding hydrogens is 430 g/mol. The maximum absolute atomic E-state index is 12.6. The molecule has 2 N–H and O–H groups in total. The van der Waals surface area contributed by atoms with Crippen molar-refractivity contribution in [3.05, 3.63) is 58.4 Å². The van der Waals surface area contributed by atoms with E-state index < -0.39 is 5.91 Å². The number of hydrogen-bond donors (Lipinski definition) is 2. The molecule has 162 valence electrons. The number of anilines is 1. The SMILES string of the molecule is N#Cc1ccc(CNC(=O)c2ncc3nc(N4CCC5(COC5)C4)ccc3c2O)c(Cl)c1. The number of rotatable bonds is 4. The van der Waals surface area contributed by atoms with Gasteiger partial charge in [-0.3, -0.25) is 4.79 Å². The second-order valence-electron chi connectivity index (χ2n) is 8.32. The zero-order chi connectivity index (χ0) is 22.3. The Balaban J connectivity index is 1.33. The third kappa shape index (κ3) is 3.60. The Labute approximate surface area is 189 Å². The number of halogens is 1. The summed E-state index contributed by atoms with van der Waals surface area (Å²) < 4.78 is 5.38. The predicted octanol–water partition coefficient (Wildman–Crippen LogP) is 3.02. The average molecular weight is 450 g/mol. The van der Waals surface area contributed by atoms with Crippen molar-refractivity contribution in [3.8, 4) is 11.8 Å². The van der Waals surface area contributed by atoms with Crippen molar-refractivity contribution >= 4 is 34.2 Å². The number of carbonyl (C=O) groups is 1. The number of fused-ring (bicyclic) bond motifs is 1. The van der Waals surface area contributed by atoms with E-state index in [0.29, 0.717) is 27.1 Å². The molecular formula is C23H20ClN5O3. The van der Waals surface area contributed by atoms with E-state index in [1.54, 1.807) is 18.2 Å². The van der Waals surface area contributed by atoms with E-state index in [-0.39, 0.29) is 23.4 Å². The molecule has 2 aliphatic rings. The summed E-state index contributed by atoms with van der Waals surface area (Å²) in [5, 5.41) is 23.2. The van der Waals surface area contributed by atoms with E-state index >= 15 is 0 Å². The standard InChI is InChI=1S/C23H20ClN5O3/c24-17-7-14(8-25)1-2-15(17)9-27-22(31)20-21(30)16-3-4-19(28-18(16)10-26-20)29-6-5-23(11-29)12-32-13-23/h1-4,7,10,30H,5-6,9,11-13H2,(H,27,31). The Morgan fingerprint density at radius 1 is 1.34 bits per heavy atom. The van der Waals surface area contributed by atoms with Crippen LogP contribution in [0, 0.1) is 16.7 Å². The second-order valence-corrected chi connectivity index (χ2v) is 8.73. The fraction of sp³-hybridized carbons (Fsp3) is 0.304. The van der Waals surface area contributed by atoms with Gasteiger partial charge in [-0.1, -0.05) is 17.7 Å². The van der Waals surface area contributed by atoms with Crippen molar-refractivity contribution < 1.29 is 14.6 Å². The van der Waals surface area contributed by atoms with Gasteiger partial charge in [0.1, 0.15) is 5.82 Å². The number of nitrogens with one attached hydrogen (secondary N) is 1. The van der Waals surface area contributed by atoms with Crippen LogP contribution >= 0.6 is 11.6 Å². The van der Waals surface area contributed by atoms with Gasteiger partial charge in [0.2, 0.25) is 0 Å². The number of aromatic nitrogens is 2. The van der Waals surface area contributed by atoms with E-state index in [4.69, 9.17) is 21.6 Å². The minimum atomic E-state index is -0.527. The van der Waals surface area contributed by atoms with Crippen LogP contribution in [0.5, 0.6) is 5.75 Å². The van der Waals surface area contributed by atoms with Crippen LogP contribution in [0.1, 0.15) is 28.0 Å². The molecule has 0 bridgehead atoms. The lowest BCUT2D eigenvalue weighted by Gasteiger charge is -2.37. The number of nitrogens with zero attached hydrogens (tertiary/aromatic N) is 4. The highest BCUT2D eigenvalue weighted by molar-refractivity contribution is 6.31. The topological polar surface area (TPSA) is 111 Å². The third-order valence-electron chi connectivity index (χ3n) is 6.12. The number of hydrogen-bond acceptors (Lipinski definition) is 7. The first-order valence-corrected chi connectivity index (χ1v) is 10.6. The van der Waals surface area contributed by atoms with Gasteiger partial charge in [0.05, 0.1) is 36.6 Å². The molecule has 0 atom stereocenters. The Bertz CT molecular complexity index is 1270. The molecule has 0 saturated carbocycles. The smallest absolute Gasteiger partial charge is 0.274 e. The average Bonchev–Trinajstić information content (AvgIpc) is 3.25. The van der Waals surface area contributed by atoms with E-state index in [1.807, 2.05) is 12.1 Å². The van der Waals surface area contributed by atoms with Crippen LogP contribution < -0.4 is 10.2 Å². The normalized spacial score (nSPS) is 16.7. The minimum Gasteiger partial charge on any atom is -0.505 e. The van der Waals surface area contributed by atoms with Crippen molar-refractivity contribution in [2.24, 2.45) is 5.41 Å². The Kier molecular flexibility index (Phi) is 5.08. The number of benzene rings is 1. The first-order chi connectivity index (χ1) is 15.5. The first-order valence-electron chi connectivity index (χ1n) is 10.3. The molecule has 2 aliphatic heterocycles. The summed E-state index contributed by atoms with van der Waals surface area (Å²) in [6.07, 6.45) is 2.58. The Morgan fingerprint density at radius 2 is 2.19 bits per heavy atom. The molecule has 0 unspecified atom stereocenters. The van der Waals surface area contributed by atoms with Gasteiger partial charge in [-0.05, 0) is 36.2 Å². The monoisotopic (exact) mass is 449 g/mol. The second kappa shape index (κ2) is 7.93. The molecule has 1 amide bonds. The van der Waals surface area contributed by atoms with Gasteiger partial charge in [0.25, 0.3) is 5.91 Å². The van der Waals surface area contributed by atoms with Gasteiger partial charge in [0.15, 0.2) is 11.4 Å². The van der Waals surface area contributed by atoms with Crippen LogP contribution in [0.4, 0.5) is 5.82 Å². The first kappa shape index (κ1) is 20.5. The van der Waals surface area contributed by atoms with Gasteiger partial charge < -0.3 is 20.1 Å². The molecule has 2 aromatic heterocycles. The quantitative estimate of drug-likeness (QED) is 0.629. The lowest BCUT2D eigenvalue weighted by Crippen LogP contribution is -2.44. The highest BCUT2D eigenvalue weighted by atomic mass is 35.5. The van der Waals surface area contributed by atoms with E-state index in [0.717, 1.165) is 38.5 Å². The Hall–Kier alpha value is -3.41. The maximum atomic E-state index is 12.6. The van der Waals surface area contributed by atoms with Crippen LogP contribution in [0.3, 0.4) is 0 Å². The van der Waals surface area contributed by atoms with Crippen molar-refractivity contribution in [3.63, 3.8) is 0 Å². The van der Waals surface area contributed by atoms with Crippen LogP contribution in [0.2, 0.25) is 5.02 Å². The summed E-state index contributed by atoms with van der Waals surface area (Å²) in [6, 6.07) is 10.5. The van der Waals surface area contributed by atoms with E-state index in [9.17, 15) is 9.90 Å². The van der Waals surface area contributed by atoms with Crippen molar-refractivity contribution in [2.45, 2.75) is 13.0 Å². The number of ether oxygens (including phenoxy) is 1. The van der Waals surface area contributed by atoms with Gasteiger partial charge in [-0.25, -0.2) is 9.97 Å². The molecule has 1 spiro atoms. The number of amides is 1.